The van der Waals surface area contributed by atoms with Crippen LogP contribution in [0.15, 0.2) is 12.1 Å². The topological polar surface area (TPSA) is 66.6 Å². The lowest BCUT2D eigenvalue weighted by atomic mass is 10.0. The zero-order chi connectivity index (χ0) is 18.5. The van der Waals surface area contributed by atoms with E-state index in [0.717, 1.165) is 18.9 Å². The first-order chi connectivity index (χ1) is 12.3. The summed E-state index contributed by atoms with van der Waals surface area (Å²) in [7, 11) is 0. The Bertz CT molecular complexity index is 821. The first-order valence-corrected chi connectivity index (χ1v) is 8.59. The Morgan fingerprint density at radius 3 is 2.50 bits per heavy atom. The molecule has 2 aliphatic rings. The van der Waals surface area contributed by atoms with Crippen molar-refractivity contribution in [3.8, 4) is 0 Å². The van der Waals surface area contributed by atoms with Crippen molar-refractivity contribution in [3.63, 3.8) is 0 Å². The molecule has 2 aromatic heterocycles. The van der Waals surface area contributed by atoms with Gasteiger partial charge in [0.1, 0.15) is 5.82 Å². The largest absolute Gasteiger partial charge is 0.389 e. The molecule has 0 saturated carbocycles. The van der Waals surface area contributed by atoms with Crippen LogP contribution >= 0.6 is 0 Å². The van der Waals surface area contributed by atoms with Crippen molar-refractivity contribution in [1.29, 1.82) is 0 Å². The first-order valence-electron chi connectivity index (χ1n) is 8.59. The van der Waals surface area contributed by atoms with Crippen LogP contribution in [0, 0.1) is 18.8 Å². The zero-order valence-corrected chi connectivity index (χ0v) is 14.3. The molecule has 0 bridgehead atoms. The number of alkyl halides is 3. The quantitative estimate of drug-likeness (QED) is 0.825. The molecule has 140 valence electrons. The van der Waals surface area contributed by atoms with E-state index in [1.165, 1.54) is 0 Å². The van der Waals surface area contributed by atoms with Crippen LogP contribution in [0.4, 0.5) is 19.0 Å². The van der Waals surface area contributed by atoms with Crippen LogP contribution in [0.25, 0.3) is 5.65 Å². The number of rotatable bonds is 3. The zero-order valence-electron chi connectivity index (χ0n) is 14.3. The molecule has 2 fully saturated rings. The smallest absolute Gasteiger partial charge is 0.354 e. The van der Waals surface area contributed by atoms with Gasteiger partial charge in [-0.15, -0.1) is 15.3 Å². The number of hydrogen-bond donors (Lipinski definition) is 0. The van der Waals surface area contributed by atoms with Gasteiger partial charge < -0.3 is 9.80 Å². The highest BCUT2D eigenvalue weighted by Crippen LogP contribution is 2.34. The number of nitrogens with zero attached hydrogens (tertiary/aromatic N) is 6. The van der Waals surface area contributed by atoms with Crippen molar-refractivity contribution < 1.29 is 18.0 Å². The number of amides is 1. The maximum absolute atomic E-state index is 12.3. The monoisotopic (exact) mass is 368 g/mol. The van der Waals surface area contributed by atoms with E-state index in [9.17, 15) is 18.0 Å². The normalized spacial score (nSPS) is 23.1. The summed E-state index contributed by atoms with van der Waals surface area (Å²) in [4.78, 5) is 15.8. The number of aromatic nitrogens is 4. The van der Waals surface area contributed by atoms with Gasteiger partial charge in [-0.05, 0) is 19.1 Å². The Morgan fingerprint density at radius 2 is 1.85 bits per heavy atom. The summed E-state index contributed by atoms with van der Waals surface area (Å²) < 4.78 is 38.6. The maximum Gasteiger partial charge on any atom is 0.389 e. The molecule has 0 spiro atoms. The van der Waals surface area contributed by atoms with E-state index in [1.807, 2.05) is 19.1 Å². The number of carbonyl (C=O) groups is 1. The Hall–Kier alpha value is -2.39. The molecule has 2 unspecified atom stereocenters. The highest BCUT2D eigenvalue weighted by molar-refractivity contribution is 5.76. The van der Waals surface area contributed by atoms with Gasteiger partial charge in [0.2, 0.25) is 5.91 Å². The van der Waals surface area contributed by atoms with Gasteiger partial charge in [-0.25, -0.2) is 0 Å². The molecule has 4 rings (SSSR count). The average molecular weight is 368 g/mol. The second kappa shape index (κ2) is 6.10. The van der Waals surface area contributed by atoms with Gasteiger partial charge in [0, 0.05) is 44.4 Å². The van der Waals surface area contributed by atoms with E-state index in [2.05, 4.69) is 20.2 Å². The Labute approximate surface area is 147 Å². The number of fused-ring (bicyclic) bond motifs is 2. The van der Waals surface area contributed by atoms with E-state index in [0.29, 0.717) is 24.6 Å². The minimum atomic E-state index is -4.29. The minimum Gasteiger partial charge on any atom is -0.354 e. The fourth-order valence-electron chi connectivity index (χ4n) is 3.85. The minimum absolute atomic E-state index is 0.268. The first kappa shape index (κ1) is 17.0. The van der Waals surface area contributed by atoms with Crippen molar-refractivity contribution in [3.05, 3.63) is 18.0 Å². The van der Waals surface area contributed by atoms with Crippen LogP contribution in [-0.2, 0) is 4.79 Å². The Balaban J connectivity index is 1.38. The summed E-state index contributed by atoms with van der Waals surface area (Å²) in [6.07, 6.45) is -5.80. The molecule has 0 radical (unpaired) electrons. The molecule has 1 amide bonds. The molecule has 2 saturated heterocycles. The van der Waals surface area contributed by atoms with Crippen LogP contribution in [0.2, 0.25) is 0 Å². The van der Waals surface area contributed by atoms with Gasteiger partial charge in [0.15, 0.2) is 11.5 Å². The molecule has 7 nitrogen and oxygen atoms in total. The Kier molecular flexibility index (Phi) is 4.00. The third-order valence-corrected chi connectivity index (χ3v) is 5.19. The molecule has 26 heavy (non-hydrogen) atoms. The summed E-state index contributed by atoms with van der Waals surface area (Å²) >= 11 is 0. The molecule has 2 atom stereocenters. The van der Waals surface area contributed by atoms with Crippen LogP contribution < -0.4 is 4.90 Å². The lowest BCUT2D eigenvalue weighted by Crippen LogP contribution is -2.34. The number of likely N-dealkylation sites (tertiary alicyclic amines) is 1. The van der Waals surface area contributed by atoms with E-state index in [4.69, 9.17) is 0 Å². The summed E-state index contributed by atoms with van der Waals surface area (Å²) in [6.45, 7) is 4.36. The number of halogens is 3. The average Bonchev–Trinajstić information content (AvgIpc) is 3.25. The van der Waals surface area contributed by atoms with E-state index in [-0.39, 0.29) is 11.8 Å². The molecule has 0 aromatic carbocycles. The van der Waals surface area contributed by atoms with Crippen molar-refractivity contribution in [1.82, 2.24) is 24.7 Å². The fourth-order valence-corrected chi connectivity index (χ4v) is 3.85. The van der Waals surface area contributed by atoms with Gasteiger partial charge in [0.05, 0.1) is 6.42 Å². The maximum atomic E-state index is 12.3. The van der Waals surface area contributed by atoms with Crippen LogP contribution in [0.3, 0.4) is 0 Å². The fraction of sp³-hybridized carbons (Fsp3) is 0.625. The molecule has 10 heteroatoms. The van der Waals surface area contributed by atoms with Gasteiger partial charge in [-0.2, -0.15) is 17.7 Å². The molecule has 2 aromatic rings. The standard InChI is InChI=1S/C16H19F3N6O/c1-10-20-21-13-2-3-14(22-25(10)13)23-6-11-8-24(9-12(11)7-23)15(26)4-5-16(17,18)19/h2-3,11-12H,4-9H2,1H3. The molecule has 4 heterocycles. The van der Waals surface area contributed by atoms with Gasteiger partial charge in [-0.1, -0.05) is 0 Å². The second-order valence-electron chi connectivity index (χ2n) is 7.05. The van der Waals surface area contributed by atoms with Crippen molar-refractivity contribution in [2.75, 3.05) is 31.1 Å². The number of aryl methyl sites for hydroxylation is 1. The third-order valence-electron chi connectivity index (χ3n) is 5.19. The summed E-state index contributed by atoms with van der Waals surface area (Å²) in [5.41, 5.74) is 0.687. The highest BCUT2D eigenvalue weighted by Gasteiger charge is 2.42. The second-order valence-corrected chi connectivity index (χ2v) is 7.05. The van der Waals surface area contributed by atoms with Crippen molar-refractivity contribution in [2.24, 2.45) is 11.8 Å². The lowest BCUT2D eigenvalue weighted by Gasteiger charge is -2.22. The number of anilines is 1. The SMILES string of the molecule is Cc1nnc2ccc(N3CC4CN(C(=O)CCC(F)(F)F)CC4C3)nn12. The summed E-state index contributed by atoms with van der Waals surface area (Å²) in [6, 6.07) is 3.76. The van der Waals surface area contributed by atoms with Crippen LogP contribution in [-0.4, -0.2) is 63.0 Å². The van der Waals surface area contributed by atoms with E-state index >= 15 is 0 Å². The van der Waals surface area contributed by atoms with E-state index in [1.54, 1.807) is 9.42 Å². The predicted octanol–water partition coefficient (Wildman–Crippen LogP) is 1.67. The molecular weight excluding hydrogens is 349 g/mol. The van der Waals surface area contributed by atoms with E-state index < -0.39 is 24.9 Å². The lowest BCUT2D eigenvalue weighted by molar-refractivity contribution is -0.148. The van der Waals surface area contributed by atoms with Gasteiger partial charge in [-0.3, -0.25) is 4.79 Å². The summed E-state index contributed by atoms with van der Waals surface area (Å²) in [5.74, 6) is 1.67. The Morgan fingerprint density at radius 1 is 1.15 bits per heavy atom. The number of hydrogen-bond acceptors (Lipinski definition) is 5. The van der Waals surface area contributed by atoms with Crippen molar-refractivity contribution >= 4 is 17.4 Å². The molecule has 0 N–H and O–H groups in total. The van der Waals surface area contributed by atoms with Crippen LogP contribution in [0.1, 0.15) is 18.7 Å². The van der Waals surface area contributed by atoms with Gasteiger partial charge >= 0.3 is 6.18 Å². The van der Waals surface area contributed by atoms with Crippen molar-refractivity contribution in [2.45, 2.75) is 25.9 Å². The molecule has 0 aliphatic carbocycles. The van der Waals surface area contributed by atoms with Gasteiger partial charge in [0.25, 0.3) is 0 Å². The van der Waals surface area contributed by atoms with Crippen LogP contribution in [0.5, 0.6) is 0 Å². The summed E-state index contributed by atoms with van der Waals surface area (Å²) in [5, 5.41) is 12.6. The molecule has 2 aliphatic heterocycles. The highest BCUT2D eigenvalue weighted by atomic mass is 19.4. The number of carbonyl (C=O) groups excluding carboxylic acids is 1. The molecular formula is C16H19F3N6O. The predicted molar refractivity (Wildman–Crippen MR) is 86.6 cm³/mol. The third kappa shape index (κ3) is 3.19.